The lowest BCUT2D eigenvalue weighted by atomic mass is 9.98. The summed E-state index contributed by atoms with van der Waals surface area (Å²) in [7, 11) is 0. The number of ether oxygens (including phenoxy) is 1. The molecule has 1 saturated heterocycles. The molecule has 5 nitrogen and oxygen atoms in total. The average Bonchev–Trinajstić information content (AvgIpc) is 2.71. The number of allylic oxidation sites excluding steroid dienone is 3. The number of terminal acetylenes is 1. The van der Waals surface area contributed by atoms with Crippen LogP contribution in [0.5, 0.6) is 5.75 Å². The van der Waals surface area contributed by atoms with Crippen LogP contribution in [0.1, 0.15) is 43.0 Å². The predicted octanol–water partition coefficient (Wildman–Crippen LogP) is 3.79. The van der Waals surface area contributed by atoms with Gasteiger partial charge in [0.25, 0.3) is 5.91 Å². The molecular weight excluding hydrogens is 386 g/mol. The minimum atomic E-state index is -0.215. The smallest absolute Gasteiger partial charge is 0.255 e. The molecule has 1 aliphatic heterocycles. The van der Waals surface area contributed by atoms with E-state index in [2.05, 4.69) is 35.2 Å². The number of anilines is 1. The monoisotopic (exact) mass is 413 g/mol. The Labute approximate surface area is 177 Å². The highest BCUT2D eigenvalue weighted by Gasteiger charge is 2.23. The Hall–Kier alpha value is -2.42. The number of halogens is 1. The molecule has 154 valence electrons. The zero-order valence-electron chi connectivity index (χ0n) is 16.8. The van der Waals surface area contributed by atoms with Crippen molar-refractivity contribution in [2.45, 2.75) is 38.6 Å². The fraction of sp³-hybridized carbons (Fsp3) is 0.435. The number of carbonyl (C=O) groups excluding carboxylic acids is 1. The van der Waals surface area contributed by atoms with Crippen LogP contribution in [0, 0.1) is 12.3 Å². The molecule has 3 rings (SSSR count). The SMILES string of the molecule is C#CCOc1cc(N)c(Cl)cc1C(=O)NC1CCN(CC2=CCC(C)=CC2)CC1. The average molecular weight is 414 g/mol. The van der Waals surface area contributed by atoms with Gasteiger partial charge in [0, 0.05) is 31.7 Å². The van der Waals surface area contributed by atoms with E-state index in [1.165, 1.54) is 17.2 Å². The van der Waals surface area contributed by atoms with E-state index in [1.54, 1.807) is 6.07 Å². The van der Waals surface area contributed by atoms with Crippen molar-refractivity contribution in [2.75, 3.05) is 32.0 Å². The second-order valence-electron chi connectivity index (χ2n) is 7.71. The molecular formula is C23H28ClN3O2. The van der Waals surface area contributed by atoms with E-state index >= 15 is 0 Å². The molecule has 0 spiro atoms. The first-order valence-electron chi connectivity index (χ1n) is 9.98. The molecule has 1 heterocycles. The molecule has 1 aromatic carbocycles. The van der Waals surface area contributed by atoms with Crippen LogP contribution < -0.4 is 15.8 Å². The van der Waals surface area contributed by atoms with Gasteiger partial charge in [0.15, 0.2) is 0 Å². The lowest BCUT2D eigenvalue weighted by Gasteiger charge is -2.33. The third-order valence-corrected chi connectivity index (χ3v) is 5.76. The van der Waals surface area contributed by atoms with Crippen molar-refractivity contribution in [1.82, 2.24) is 10.2 Å². The van der Waals surface area contributed by atoms with E-state index in [9.17, 15) is 4.79 Å². The molecule has 2 aliphatic rings. The molecule has 3 N–H and O–H groups in total. The van der Waals surface area contributed by atoms with Gasteiger partial charge in [-0.3, -0.25) is 9.69 Å². The number of nitrogen functional groups attached to an aromatic ring is 1. The van der Waals surface area contributed by atoms with Gasteiger partial charge in [0.05, 0.1) is 16.3 Å². The van der Waals surface area contributed by atoms with Crippen LogP contribution in [-0.2, 0) is 0 Å². The molecule has 0 unspecified atom stereocenters. The van der Waals surface area contributed by atoms with E-state index in [1.807, 2.05) is 0 Å². The summed E-state index contributed by atoms with van der Waals surface area (Å²) in [6.45, 7) is 5.19. The van der Waals surface area contributed by atoms with Crippen LogP contribution >= 0.6 is 11.6 Å². The highest BCUT2D eigenvalue weighted by molar-refractivity contribution is 6.33. The summed E-state index contributed by atoms with van der Waals surface area (Å²) in [5.41, 5.74) is 9.48. The van der Waals surface area contributed by atoms with E-state index in [4.69, 9.17) is 28.5 Å². The number of amides is 1. The molecule has 0 saturated carbocycles. The van der Waals surface area contributed by atoms with Crippen LogP contribution in [0.2, 0.25) is 5.02 Å². The number of nitrogens with zero attached hydrogens (tertiary/aromatic N) is 1. The van der Waals surface area contributed by atoms with Gasteiger partial charge in [0.1, 0.15) is 12.4 Å². The van der Waals surface area contributed by atoms with Crippen LogP contribution in [-0.4, -0.2) is 43.1 Å². The summed E-state index contributed by atoms with van der Waals surface area (Å²) >= 11 is 6.11. The van der Waals surface area contributed by atoms with Crippen LogP contribution in [0.3, 0.4) is 0 Å². The van der Waals surface area contributed by atoms with Gasteiger partial charge in [-0.25, -0.2) is 0 Å². The summed E-state index contributed by atoms with van der Waals surface area (Å²) in [4.78, 5) is 15.3. The summed E-state index contributed by atoms with van der Waals surface area (Å²) < 4.78 is 5.49. The molecule has 0 atom stereocenters. The molecule has 1 aromatic rings. The second kappa shape index (κ2) is 9.87. The second-order valence-corrected chi connectivity index (χ2v) is 8.11. The van der Waals surface area contributed by atoms with Crippen molar-refractivity contribution in [2.24, 2.45) is 0 Å². The number of rotatable bonds is 6. The van der Waals surface area contributed by atoms with Gasteiger partial charge >= 0.3 is 0 Å². The van der Waals surface area contributed by atoms with Gasteiger partial charge in [-0.1, -0.05) is 40.8 Å². The zero-order chi connectivity index (χ0) is 20.8. The van der Waals surface area contributed by atoms with Crippen LogP contribution in [0.4, 0.5) is 5.69 Å². The maximum Gasteiger partial charge on any atom is 0.255 e. The summed E-state index contributed by atoms with van der Waals surface area (Å²) in [5, 5.41) is 3.43. The Balaban J connectivity index is 1.55. The van der Waals surface area contributed by atoms with Crippen molar-refractivity contribution >= 4 is 23.2 Å². The normalized spacial score (nSPS) is 17.8. The zero-order valence-corrected chi connectivity index (χ0v) is 17.6. The lowest BCUT2D eigenvalue weighted by Crippen LogP contribution is -2.45. The van der Waals surface area contributed by atoms with Crippen molar-refractivity contribution in [3.63, 3.8) is 0 Å². The number of piperidine rings is 1. The molecule has 6 heteroatoms. The molecule has 1 amide bonds. The molecule has 0 aromatic heterocycles. The van der Waals surface area contributed by atoms with E-state index in [-0.39, 0.29) is 18.6 Å². The number of nitrogens with two attached hydrogens (primary N) is 1. The minimum absolute atomic E-state index is 0.0598. The van der Waals surface area contributed by atoms with Crippen molar-refractivity contribution in [3.05, 3.63) is 46.0 Å². The Morgan fingerprint density at radius 2 is 2.10 bits per heavy atom. The topological polar surface area (TPSA) is 67.6 Å². The standard InChI is InChI=1S/C23H28ClN3O2/c1-3-12-29-22-14-21(25)20(24)13-19(22)23(28)26-18-8-10-27(11-9-18)15-17-6-4-16(2)5-7-17/h1,4,7,13-14,18H,5-6,8-12,15,25H2,2H3,(H,26,28). The van der Waals surface area contributed by atoms with Gasteiger partial charge < -0.3 is 15.8 Å². The first kappa shape index (κ1) is 21.3. The third-order valence-electron chi connectivity index (χ3n) is 5.43. The van der Waals surface area contributed by atoms with E-state index in [0.29, 0.717) is 22.0 Å². The number of benzene rings is 1. The summed E-state index contributed by atoms with van der Waals surface area (Å²) in [5.74, 6) is 2.54. The Kier molecular flexibility index (Phi) is 7.24. The van der Waals surface area contributed by atoms with E-state index < -0.39 is 0 Å². The molecule has 1 fully saturated rings. The molecule has 0 radical (unpaired) electrons. The Morgan fingerprint density at radius 1 is 1.34 bits per heavy atom. The lowest BCUT2D eigenvalue weighted by molar-refractivity contribution is 0.0910. The Morgan fingerprint density at radius 3 is 2.76 bits per heavy atom. The van der Waals surface area contributed by atoms with Gasteiger partial charge in [-0.05, 0) is 38.7 Å². The number of carbonyl (C=O) groups is 1. The van der Waals surface area contributed by atoms with Gasteiger partial charge in [-0.2, -0.15) is 0 Å². The first-order valence-corrected chi connectivity index (χ1v) is 10.4. The highest BCUT2D eigenvalue weighted by atomic mass is 35.5. The van der Waals surface area contributed by atoms with Gasteiger partial charge in [-0.15, -0.1) is 6.42 Å². The van der Waals surface area contributed by atoms with E-state index in [0.717, 1.165) is 45.3 Å². The molecule has 0 bridgehead atoms. The maximum atomic E-state index is 12.8. The number of likely N-dealkylation sites (tertiary alicyclic amines) is 1. The van der Waals surface area contributed by atoms with Gasteiger partial charge in [0.2, 0.25) is 0 Å². The van der Waals surface area contributed by atoms with Crippen molar-refractivity contribution < 1.29 is 9.53 Å². The number of hydrogen-bond donors (Lipinski definition) is 2. The minimum Gasteiger partial charge on any atom is -0.480 e. The van der Waals surface area contributed by atoms with Crippen LogP contribution in [0.25, 0.3) is 0 Å². The molecule has 1 aliphatic carbocycles. The molecule has 29 heavy (non-hydrogen) atoms. The summed E-state index contributed by atoms with van der Waals surface area (Å²) in [6.07, 6.45) is 13.9. The fourth-order valence-electron chi connectivity index (χ4n) is 3.68. The number of hydrogen-bond acceptors (Lipinski definition) is 4. The first-order chi connectivity index (χ1) is 14.0. The fourth-order valence-corrected chi connectivity index (χ4v) is 3.84. The van der Waals surface area contributed by atoms with Crippen LogP contribution in [0.15, 0.2) is 35.4 Å². The highest BCUT2D eigenvalue weighted by Crippen LogP contribution is 2.29. The third kappa shape index (κ3) is 5.79. The maximum absolute atomic E-state index is 12.8. The predicted molar refractivity (Wildman–Crippen MR) is 118 cm³/mol. The van der Waals surface area contributed by atoms with Crippen molar-refractivity contribution in [3.8, 4) is 18.1 Å². The largest absolute Gasteiger partial charge is 0.480 e. The quantitative estimate of drug-likeness (QED) is 0.423. The Bertz CT molecular complexity index is 862. The summed E-state index contributed by atoms with van der Waals surface area (Å²) in [6, 6.07) is 3.21. The van der Waals surface area contributed by atoms with Crippen molar-refractivity contribution in [1.29, 1.82) is 0 Å². The number of nitrogens with one attached hydrogen (secondary N) is 1.